The maximum Gasteiger partial charge on any atom is 0.320 e. The van der Waals surface area contributed by atoms with E-state index in [2.05, 4.69) is 21.2 Å². The molecular formula is C11H14BrNO3. The van der Waals surface area contributed by atoms with Crippen molar-refractivity contribution < 1.29 is 14.6 Å². The number of carboxylic acids is 1. The lowest BCUT2D eigenvalue weighted by molar-refractivity contribution is -0.139. The number of carbonyl (C=O) groups is 1. The molecule has 0 aliphatic heterocycles. The summed E-state index contributed by atoms with van der Waals surface area (Å²) in [5.74, 6) is -0.0948. The molecule has 1 aromatic rings. The molecule has 0 fully saturated rings. The third kappa shape index (κ3) is 3.50. The molecule has 1 atom stereocenters. The monoisotopic (exact) mass is 287 g/mol. The highest BCUT2D eigenvalue weighted by molar-refractivity contribution is 9.10. The molecule has 0 aliphatic carbocycles. The average molecular weight is 288 g/mol. The van der Waals surface area contributed by atoms with Crippen LogP contribution in [-0.4, -0.2) is 24.2 Å². The number of rotatable bonds is 5. The Balaban J connectivity index is 2.62. The fourth-order valence-corrected chi connectivity index (χ4v) is 1.77. The molecule has 88 valence electrons. The first-order valence-corrected chi connectivity index (χ1v) is 5.62. The third-order valence-electron chi connectivity index (χ3n) is 2.20. The smallest absolute Gasteiger partial charge is 0.320 e. The SMILES string of the molecule is COc1ccc(CNC(C)C(=O)O)cc1Br. The highest BCUT2D eigenvalue weighted by atomic mass is 79.9. The van der Waals surface area contributed by atoms with Crippen molar-refractivity contribution in [2.24, 2.45) is 0 Å². The molecule has 0 heterocycles. The summed E-state index contributed by atoms with van der Waals surface area (Å²) in [6.45, 7) is 2.12. The number of halogens is 1. The molecule has 5 heteroatoms. The lowest BCUT2D eigenvalue weighted by Gasteiger charge is -2.10. The number of carboxylic acid groups (broad SMARTS) is 1. The quantitative estimate of drug-likeness (QED) is 0.870. The van der Waals surface area contributed by atoms with E-state index in [1.807, 2.05) is 18.2 Å². The maximum atomic E-state index is 10.6. The summed E-state index contributed by atoms with van der Waals surface area (Å²) < 4.78 is 5.96. The highest BCUT2D eigenvalue weighted by Gasteiger charge is 2.09. The lowest BCUT2D eigenvalue weighted by atomic mass is 10.2. The molecule has 1 aromatic carbocycles. The van der Waals surface area contributed by atoms with Crippen LogP contribution in [0.15, 0.2) is 22.7 Å². The zero-order valence-electron chi connectivity index (χ0n) is 9.16. The molecule has 0 amide bonds. The first-order chi connectivity index (χ1) is 7.54. The zero-order chi connectivity index (χ0) is 12.1. The number of nitrogens with one attached hydrogen (secondary N) is 1. The number of methoxy groups -OCH3 is 1. The minimum Gasteiger partial charge on any atom is -0.496 e. The summed E-state index contributed by atoms with van der Waals surface area (Å²) in [6.07, 6.45) is 0. The molecule has 1 rings (SSSR count). The molecule has 0 radical (unpaired) electrons. The summed E-state index contributed by atoms with van der Waals surface area (Å²) in [5.41, 5.74) is 1.00. The van der Waals surface area contributed by atoms with E-state index >= 15 is 0 Å². The second kappa shape index (κ2) is 5.86. The van der Waals surface area contributed by atoms with Crippen LogP contribution in [0.1, 0.15) is 12.5 Å². The Morgan fingerprint density at radius 2 is 2.31 bits per heavy atom. The predicted molar refractivity (Wildman–Crippen MR) is 64.6 cm³/mol. The fraction of sp³-hybridized carbons (Fsp3) is 0.364. The molecule has 2 N–H and O–H groups in total. The van der Waals surface area contributed by atoms with Gasteiger partial charge in [-0.2, -0.15) is 0 Å². The predicted octanol–water partition coefficient (Wildman–Crippen LogP) is 2.02. The van der Waals surface area contributed by atoms with E-state index in [0.29, 0.717) is 6.54 Å². The van der Waals surface area contributed by atoms with E-state index in [4.69, 9.17) is 9.84 Å². The van der Waals surface area contributed by atoms with Gasteiger partial charge < -0.3 is 15.2 Å². The second-order valence-corrected chi connectivity index (χ2v) is 4.26. The second-order valence-electron chi connectivity index (χ2n) is 3.41. The Bertz CT molecular complexity index is 381. The highest BCUT2D eigenvalue weighted by Crippen LogP contribution is 2.25. The van der Waals surface area contributed by atoms with Crippen molar-refractivity contribution in [3.63, 3.8) is 0 Å². The van der Waals surface area contributed by atoms with Gasteiger partial charge in [0.25, 0.3) is 0 Å². The topological polar surface area (TPSA) is 58.6 Å². The van der Waals surface area contributed by atoms with Crippen molar-refractivity contribution in [3.8, 4) is 5.75 Å². The van der Waals surface area contributed by atoms with Gasteiger partial charge in [-0.15, -0.1) is 0 Å². The van der Waals surface area contributed by atoms with Crippen LogP contribution in [0.4, 0.5) is 0 Å². The summed E-state index contributed by atoms with van der Waals surface area (Å²) in [6, 6.07) is 5.08. The van der Waals surface area contributed by atoms with Crippen molar-refractivity contribution in [1.29, 1.82) is 0 Å². The Hall–Kier alpha value is -1.07. The largest absolute Gasteiger partial charge is 0.496 e. The first-order valence-electron chi connectivity index (χ1n) is 4.83. The molecular weight excluding hydrogens is 274 g/mol. The van der Waals surface area contributed by atoms with E-state index in [1.54, 1.807) is 14.0 Å². The van der Waals surface area contributed by atoms with Crippen LogP contribution in [0.2, 0.25) is 0 Å². The Kier molecular flexibility index (Phi) is 4.76. The minimum absolute atomic E-state index is 0.510. The molecule has 0 spiro atoms. The molecule has 0 aromatic heterocycles. The van der Waals surface area contributed by atoms with Crippen molar-refractivity contribution in [1.82, 2.24) is 5.32 Å². The summed E-state index contributed by atoms with van der Waals surface area (Å²) in [7, 11) is 1.60. The van der Waals surface area contributed by atoms with Crippen LogP contribution in [0, 0.1) is 0 Å². The van der Waals surface area contributed by atoms with E-state index in [9.17, 15) is 4.79 Å². The molecule has 0 aliphatic rings. The summed E-state index contributed by atoms with van der Waals surface area (Å²) >= 11 is 3.37. The van der Waals surface area contributed by atoms with E-state index < -0.39 is 12.0 Å². The molecule has 1 unspecified atom stereocenters. The van der Waals surface area contributed by atoms with Gasteiger partial charge in [0.05, 0.1) is 11.6 Å². The van der Waals surface area contributed by atoms with Crippen LogP contribution in [0.25, 0.3) is 0 Å². The molecule has 0 saturated heterocycles. The third-order valence-corrected chi connectivity index (χ3v) is 2.82. The van der Waals surface area contributed by atoms with Crippen LogP contribution in [-0.2, 0) is 11.3 Å². The van der Waals surface area contributed by atoms with Gasteiger partial charge in [-0.1, -0.05) is 6.07 Å². The van der Waals surface area contributed by atoms with Crippen LogP contribution in [0.5, 0.6) is 5.75 Å². The van der Waals surface area contributed by atoms with Gasteiger partial charge in [-0.25, -0.2) is 0 Å². The summed E-state index contributed by atoms with van der Waals surface area (Å²) in [4.78, 5) is 10.6. The van der Waals surface area contributed by atoms with Crippen LogP contribution >= 0.6 is 15.9 Å². The van der Waals surface area contributed by atoms with Crippen molar-refractivity contribution >= 4 is 21.9 Å². The number of ether oxygens (including phenoxy) is 1. The molecule has 0 bridgehead atoms. The van der Waals surface area contributed by atoms with Crippen molar-refractivity contribution in [2.45, 2.75) is 19.5 Å². The number of hydrogen-bond acceptors (Lipinski definition) is 3. The van der Waals surface area contributed by atoms with Gasteiger partial charge in [-0.05, 0) is 40.5 Å². The van der Waals surface area contributed by atoms with E-state index in [1.165, 1.54) is 0 Å². The molecule has 4 nitrogen and oxygen atoms in total. The van der Waals surface area contributed by atoms with Gasteiger partial charge in [0, 0.05) is 6.54 Å². The number of benzene rings is 1. The minimum atomic E-state index is -0.854. The van der Waals surface area contributed by atoms with Gasteiger partial charge in [0.1, 0.15) is 11.8 Å². The van der Waals surface area contributed by atoms with Crippen molar-refractivity contribution in [3.05, 3.63) is 28.2 Å². The van der Waals surface area contributed by atoms with Gasteiger partial charge in [0.2, 0.25) is 0 Å². The molecule has 0 saturated carbocycles. The van der Waals surface area contributed by atoms with Crippen LogP contribution in [0.3, 0.4) is 0 Å². The normalized spacial score (nSPS) is 12.2. The van der Waals surface area contributed by atoms with Crippen molar-refractivity contribution in [2.75, 3.05) is 7.11 Å². The fourth-order valence-electron chi connectivity index (χ4n) is 1.18. The summed E-state index contributed by atoms with van der Waals surface area (Å²) in [5, 5.41) is 11.6. The average Bonchev–Trinajstić information content (AvgIpc) is 2.25. The lowest BCUT2D eigenvalue weighted by Crippen LogP contribution is -2.33. The molecule has 16 heavy (non-hydrogen) atoms. The van der Waals surface area contributed by atoms with E-state index in [-0.39, 0.29) is 0 Å². The van der Waals surface area contributed by atoms with Gasteiger partial charge in [-0.3, -0.25) is 4.79 Å². The van der Waals surface area contributed by atoms with E-state index in [0.717, 1.165) is 15.8 Å². The maximum absolute atomic E-state index is 10.6. The standard InChI is InChI=1S/C11H14BrNO3/c1-7(11(14)15)13-6-8-3-4-10(16-2)9(12)5-8/h3-5,7,13H,6H2,1-2H3,(H,14,15). The number of aliphatic carboxylic acids is 1. The zero-order valence-corrected chi connectivity index (χ0v) is 10.7. The van der Waals surface area contributed by atoms with Gasteiger partial charge >= 0.3 is 5.97 Å². The van der Waals surface area contributed by atoms with Gasteiger partial charge in [0.15, 0.2) is 0 Å². The van der Waals surface area contributed by atoms with Crippen LogP contribution < -0.4 is 10.1 Å². The Morgan fingerprint density at radius 1 is 1.62 bits per heavy atom. The Morgan fingerprint density at radius 3 is 2.81 bits per heavy atom. The number of hydrogen-bond donors (Lipinski definition) is 2. The Labute approximate surface area is 103 Å². The first kappa shape index (κ1) is 13.0.